The summed E-state index contributed by atoms with van der Waals surface area (Å²) < 4.78 is 0. The van der Waals surface area contributed by atoms with Gasteiger partial charge in [-0.15, -0.1) is 0 Å². The second-order valence-electron chi connectivity index (χ2n) is 5.96. The number of nitrogens with one attached hydrogen (secondary N) is 1. The van der Waals surface area contributed by atoms with Gasteiger partial charge < -0.3 is 4.90 Å². The van der Waals surface area contributed by atoms with Crippen LogP contribution in [-0.2, 0) is 4.79 Å². The summed E-state index contributed by atoms with van der Waals surface area (Å²) in [4.78, 5) is 15.0. The van der Waals surface area contributed by atoms with E-state index in [2.05, 4.69) is 17.1 Å². The van der Waals surface area contributed by atoms with Gasteiger partial charge in [-0.05, 0) is 44.1 Å². The molecule has 0 radical (unpaired) electrons. The molecule has 102 valence electrons. The highest BCUT2D eigenvalue weighted by Crippen LogP contribution is 2.43. The third kappa shape index (κ3) is 1.80. The maximum atomic E-state index is 12.8. The minimum Gasteiger partial charge on any atom is -0.323 e. The van der Waals surface area contributed by atoms with Crippen LogP contribution in [0.25, 0.3) is 0 Å². The molecule has 3 rings (SSSR count). The Hall–Kier alpha value is -0.220. The molecule has 18 heavy (non-hydrogen) atoms. The van der Waals surface area contributed by atoms with Gasteiger partial charge in [0.25, 0.3) is 0 Å². The highest BCUT2D eigenvalue weighted by atomic mass is 32.2. The van der Waals surface area contributed by atoms with E-state index in [0.29, 0.717) is 5.91 Å². The number of hydrogen-bond acceptors (Lipinski definition) is 3. The molecule has 0 aromatic carbocycles. The molecule has 3 aliphatic rings. The Morgan fingerprint density at radius 2 is 1.83 bits per heavy atom. The van der Waals surface area contributed by atoms with Crippen LogP contribution in [0.15, 0.2) is 0 Å². The van der Waals surface area contributed by atoms with E-state index in [1.54, 1.807) is 0 Å². The lowest BCUT2D eigenvalue weighted by atomic mass is 9.81. The Kier molecular flexibility index (Phi) is 3.35. The Labute approximate surface area is 114 Å². The lowest BCUT2D eigenvalue weighted by Gasteiger charge is -2.41. The van der Waals surface area contributed by atoms with Crippen LogP contribution in [0, 0.1) is 0 Å². The summed E-state index contributed by atoms with van der Waals surface area (Å²) >= 11 is 2.03. The van der Waals surface area contributed by atoms with Crippen molar-refractivity contribution in [2.45, 2.75) is 63.1 Å². The van der Waals surface area contributed by atoms with Crippen molar-refractivity contribution in [3.63, 3.8) is 0 Å². The highest BCUT2D eigenvalue weighted by Gasteiger charge is 2.57. The van der Waals surface area contributed by atoms with Crippen LogP contribution in [0.5, 0.6) is 0 Å². The van der Waals surface area contributed by atoms with Gasteiger partial charge in [0, 0.05) is 6.54 Å². The number of thioether (sulfide) groups is 1. The molecule has 2 saturated heterocycles. The number of nitrogens with zero attached hydrogens (tertiary/aromatic N) is 1. The van der Waals surface area contributed by atoms with Gasteiger partial charge in [-0.3, -0.25) is 10.1 Å². The van der Waals surface area contributed by atoms with Crippen LogP contribution in [-0.4, -0.2) is 40.1 Å². The maximum Gasteiger partial charge on any atom is 0.244 e. The van der Waals surface area contributed by atoms with Gasteiger partial charge in [0.1, 0.15) is 0 Å². The van der Waals surface area contributed by atoms with E-state index in [-0.39, 0.29) is 11.2 Å². The predicted molar refractivity (Wildman–Crippen MR) is 75.6 cm³/mol. The first-order valence-corrected chi connectivity index (χ1v) is 8.57. The molecule has 0 unspecified atom stereocenters. The molecule has 1 N–H and O–H groups in total. The first-order valence-electron chi connectivity index (χ1n) is 7.42. The molecule has 4 heteroatoms. The van der Waals surface area contributed by atoms with E-state index in [4.69, 9.17) is 0 Å². The van der Waals surface area contributed by atoms with Gasteiger partial charge in [-0.25, -0.2) is 0 Å². The summed E-state index contributed by atoms with van der Waals surface area (Å²) in [5, 5.41) is 3.84. The summed E-state index contributed by atoms with van der Waals surface area (Å²) in [6.45, 7) is 2.99. The van der Waals surface area contributed by atoms with Gasteiger partial charge >= 0.3 is 0 Å². The molecule has 0 aromatic heterocycles. The predicted octanol–water partition coefficient (Wildman–Crippen LogP) is 2.36. The summed E-state index contributed by atoms with van der Waals surface area (Å²) in [5.41, 5.74) is -0.204. The van der Waals surface area contributed by atoms with Crippen molar-refractivity contribution in [1.82, 2.24) is 10.2 Å². The molecule has 1 amide bonds. The van der Waals surface area contributed by atoms with Gasteiger partial charge in [0.15, 0.2) is 0 Å². The lowest BCUT2D eigenvalue weighted by molar-refractivity contribution is -0.135. The van der Waals surface area contributed by atoms with Crippen LogP contribution in [0.1, 0.15) is 51.9 Å². The second-order valence-corrected chi connectivity index (χ2v) is 7.19. The molecule has 2 aliphatic heterocycles. The summed E-state index contributed by atoms with van der Waals surface area (Å²) in [6, 6.07) is 0. The SMILES string of the molecule is CCN1C(=O)C2(CCCCC2)NC12CCSCC2. The first kappa shape index (κ1) is 12.8. The van der Waals surface area contributed by atoms with Gasteiger partial charge in [-0.2, -0.15) is 11.8 Å². The Balaban J connectivity index is 1.89. The average molecular weight is 268 g/mol. The van der Waals surface area contributed by atoms with E-state index >= 15 is 0 Å². The maximum absolute atomic E-state index is 12.8. The van der Waals surface area contributed by atoms with Crippen molar-refractivity contribution in [1.29, 1.82) is 0 Å². The van der Waals surface area contributed by atoms with E-state index in [9.17, 15) is 4.79 Å². The zero-order valence-corrected chi connectivity index (χ0v) is 12.2. The average Bonchev–Trinajstić information content (AvgIpc) is 2.60. The molecular formula is C14H24N2OS. The molecule has 2 spiro atoms. The number of likely N-dealkylation sites (N-methyl/N-ethyl adjacent to an activating group) is 1. The van der Waals surface area contributed by atoms with Crippen molar-refractivity contribution in [2.24, 2.45) is 0 Å². The number of carbonyl (C=O) groups is 1. The van der Waals surface area contributed by atoms with Crippen LogP contribution < -0.4 is 5.32 Å². The fourth-order valence-corrected chi connectivity index (χ4v) is 5.23. The Bertz CT molecular complexity index is 333. The third-order valence-corrected chi connectivity index (χ3v) is 5.97. The van der Waals surface area contributed by atoms with E-state index in [1.165, 1.54) is 30.8 Å². The fourth-order valence-electron chi connectivity index (χ4n) is 4.06. The molecule has 1 saturated carbocycles. The van der Waals surface area contributed by atoms with Crippen LogP contribution in [0.2, 0.25) is 0 Å². The number of carbonyl (C=O) groups excluding carboxylic acids is 1. The van der Waals surface area contributed by atoms with Gasteiger partial charge in [-0.1, -0.05) is 19.3 Å². The van der Waals surface area contributed by atoms with Crippen molar-refractivity contribution < 1.29 is 4.79 Å². The van der Waals surface area contributed by atoms with Crippen LogP contribution in [0.3, 0.4) is 0 Å². The topological polar surface area (TPSA) is 32.3 Å². The largest absolute Gasteiger partial charge is 0.323 e. The highest BCUT2D eigenvalue weighted by molar-refractivity contribution is 7.99. The van der Waals surface area contributed by atoms with Crippen molar-refractivity contribution in [2.75, 3.05) is 18.1 Å². The Morgan fingerprint density at radius 1 is 1.17 bits per heavy atom. The fraction of sp³-hybridized carbons (Fsp3) is 0.929. The number of rotatable bonds is 1. The van der Waals surface area contributed by atoms with Crippen molar-refractivity contribution in [3.8, 4) is 0 Å². The molecule has 0 atom stereocenters. The second kappa shape index (κ2) is 4.71. The van der Waals surface area contributed by atoms with Gasteiger partial charge in [0.05, 0.1) is 11.2 Å². The van der Waals surface area contributed by atoms with Crippen molar-refractivity contribution in [3.05, 3.63) is 0 Å². The molecule has 0 aromatic rings. The lowest BCUT2D eigenvalue weighted by Crippen LogP contribution is -2.57. The molecule has 3 fully saturated rings. The minimum absolute atomic E-state index is 0.00553. The minimum atomic E-state index is -0.198. The molecule has 3 nitrogen and oxygen atoms in total. The summed E-state index contributed by atoms with van der Waals surface area (Å²) in [6.07, 6.45) is 8.07. The first-order chi connectivity index (χ1) is 8.72. The Morgan fingerprint density at radius 3 is 2.44 bits per heavy atom. The van der Waals surface area contributed by atoms with Crippen LogP contribution in [0.4, 0.5) is 0 Å². The normalized spacial score (nSPS) is 30.3. The summed E-state index contributed by atoms with van der Waals surface area (Å²) in [5.74, 6) is 2.77. The smallest absolute Gasteiger partial charge is 0.244 e. The van der Waals surface area contributed by atoms with E-state index in [0.717, 1.165) is 32.2 Å². The number of amides is 1. The van der Waals surface area contributed by atoms with Crippen LogP contribution >= 0.6 is 11.8 Å². The molecule has 2 heterocycles. The quantitative estimate of drug-likeness (QED) is 0.792. The number of hydrogen-bond donors (Lipinski definition) is 1. The third-order valence-electron chi connectivity index (χ3n) is 4.99. The zero-order valence-electron chi connectivity index (χ0n) is 11.3. The van der Waals surface area contributed by atoms with E-state index < -0.39 is 0 Å². The van der Waals surface area contributed by atoms with Gasteiger partial charge in [0.2, 0.25) is 5.91 Å². The zero-order chi connectivity index (χ0) is 12.6. The molecule has 1 aliphatic carbocycles. The van der Waals surface area contributed by atoms with Crippen molar-refractivity contribution >= 4 is 17.7 Å². The molecule has 0 bridgehead atoms. The monoisotopic (exact) mass is 268 g/mol. The standard InChI is InChI=1S/C14H24N2OS/c1-2-16-12(17)13(6-4-3-5-7-13)15-14(16)8-10-18-11-9-14/h15H,2-11H2,1H3. The summed E-state index contributed by atoms with van der Waals surface area (Å²) in [7, 11) is 0. The molecular weight excluding hydrogens is 244 g/mol. The van der Waals surface area contributed by atoms with E-state index in [1.807, 2.05) is 11.8 Å².